The molecule has 1 atom stereocenters. The van der Waals surface area contributed by atoms with Crippen LogP contribution in [0.5, 0.6) is 0 Å². The maximum Gasteiger partial charge on any atom is -0.0124 e. The van der Waals surface area contributed by atoms with Crippen LogP contribution < -0.4 is 0 Å². The van der Waals surface area contributed by atoms with Crippen LogP contribution in [0.4, 0.5) is 0 Å². The monoisotopic (exact) mass is 344 g/mol. The third-order valence-electron chi connectivity index (χ3n) is 5.58. The summed E-state index contributed by atoms with van der Waals surface area (Å²) in [4.78, 5) is 0. The van der Waals surface area contributed by atoms with Crippen molar-refractivity contribution in [1.29, 1.82) is 0 Å². The largest absolute Gasteiger partial charge is 0.0917 e. The first-order chi connectivity index (χ1) is 12.8. The topological polar surface area (TPSA) is 0 Å². The van der Waals surface area contributed by atoms with Crippen molar-refractivity contribution in [3.8, 4) is 11.1 Å². The minimum Gasteiger partial charge on any atom is -0.0917 e. The predicted molar refractivity (Wildman–Crippen MR) is 115 cm³/mol. The van der Waals surface area contributed by atoms with E-state index in [-0.39, 0.29) is 0 Å². The normalized spacial score (nSPS) is 17.5. The third-order valence-corrected chi connectivity index (χ3v) is 5.58. The molecule has 3 rings (SSSR count). The van der Waals surface area contributed by atoms with Crippen molar-refractivity contribution in [2.75, 3.05) is 0 Å². The summed E-state index contributed by atoms with van der Waals surface area (Å²) in [6.07, 6.45) is 15.5. The summed E-state index contributed by atoms with van der Waals surface area (Å²) >= 11 is 0. The molecule has 1 unspecified atom stereocenters. The van der Waals surface area contributed by atoms with Crippen LogP contribution in [-0.2, 0) is 6.42 Å². The van der Waals surface area contributed by atoms with Gasteiger partial charge in [0.15, 0.2) is 0 Å². The van der Waals surface area contributed by atoms with Crippen LogP contribution in [0, 0.1) is 0 Å². The van der Waals surface area contributed by atoms with Crippen LogP contribution in [-0.4, -0.2) is 0 Å². The van der Waals surface area contributed by atoms with Crippen molar-refractivity contribution in [2.45, 2.75) is 64.7 Å². The molecule has 26 heavy (non-hydrogen) atoms. The molecule has 0 heterocycles. The van der Waals surface area contributed by atoms with Gasteiger partial charge in [-0.1, -0.05) is 85.7 Å². The highest BCUT2D eigenvalue weighted by atomic mass is 14.2. The zero-order valence-corrected chi connectivity index (χ0v) is 16.4. The highest BCUT2D eigenvalue weighted by Gasteiger charge is 2.16. The lowest BCUT2D eigenvalue weighted by atomic mass is 9.83. The van der Waals surface area contributed by atoms with E-state index in [0.717, 1.165) is 0 Å². The van der Waals surface area contributed by atoms with Gasteiger partial charge in [0.1, 0.15) is 0 Å². The Bertz CT molecular complexity index is 729. The Labute approximate surface area is 159 Å². The van der Waals surface area contributed by atoms with Crippen LogP contribution in [0.15, 0.2) is 72.3 Å². The molecule has 0 saturated heterocycles. The molecule has 0 fully saturated rings. The third kappa shape index (κ3) is 4.97. The summed E-state index contributed by atoms with van der Waals surface area (Å²) in [6, 6.07) is 18.4. The number of rotatable bonds is 7. The van der Waals surface area contributed by atoms with Gasteiger partial charge in [-0.15, -0.1) is 0 Å². The van der Waals surface area contributed by atoms with Gasteiger partial charge in [0.05, 0.1) is 0 Å². The molecule has 1 aliphatic carbocycles. The van der Waals surface area contributed by atoms with Crippen LogP contribution in [0.3, 0.4) is 0 Å². The van der Waals surface area contributed by atoms with Gasteiger partial charge in [0.2, 0.25) is 0 Å². The summed E-state index contributed by atoms with van der Waals surface area (Å²) in [5.74, 6) is 0.696. The molecule has 136 valence electrons. The van der Waals surface area contributed by atoms with Gasteiger partial charge >= 0.3 is 0 Å². The summed E-state index contributed by atoms with van der Waals surface area (Å²) in [6.45, 7) is 4.34. The Balaban J connectivity index is 1.61. The van der Waals surface area contributed by atoms with Crippen LogP contribution in [0.2, 0.25) is 0 Å². The van der Waals surface area contributed by atoms with Gasteiger partial charge in [-0.2, -0.15) is 0 Å². The van der Waals surface area contributed by atoms with E-state index in [4.69, 9.17) is 0 Å². The minimum absolute atomic E-state index is 0.696. The molecule has 0 bridgehead atoms. The quantitative estimate of drug-likeness (QED) is 0.448. The van der Waals surface area contributed by atoms with Gasteiger partial charge in [-0.3, -0.25) is 0 Å². The van der Waals surface area contributed by atoms with E-state index in [1.807, 2.05) is 0 Å². The number of allylic oxidation sites excluding steroid dienone is 4. The number of benzene rings is 2. The lowest BCUT2D eigenvalue weighted by molar-refractivity contribution is 0.586. The maximum absolute atomic E-state index is 2.50. The van der Waals surface area contributed by atoms with Crippen LogP contribution in [0.25, 0.3) is 11.1 Å². The second-order valence-electron chi connectivity index (χ2n) is 7.51. The second-order valence-corrected chi connectivity index (χ2v) is 7.51. The smallest absolute Gasteiger partial charge is 0.0124 e. The molecule has 0 heteroatoms. The van der Waals surface area contributed by atoms with Crippen LogP contribution >= 0.6 is 0 Å². The van der Waals surface area contributed by atoms with E-state index in [9.17, 15) is 0 Å². The highest BCUT2D eigenvalue weighted by Crippen LogP contribution is 2.34. The summed E-state index contributed by atoms with van der Waals surface area (Å²) in [5, 5.41) is 0. The Morgan fingerprint density at radius 1 is 0.923 bits per heavy atom. The number of aryl methyl sites for hydroxylation is 1. The molecular formula is C26H32. The van der Waals surface area contributed by atoms with Crippen molar-refractivity contribution in [3.63, 3.8) is 0 Å². The molecule has 2 aromatic carbocycles. The Kier molecular flexibility index (Phi) is 6.89. The van der Waals surface area contributed by atoms with E-state index in [2.05, 4.69) is 80.6 Å². The van der Waals surface area contributed by atoms with Gasteiger partial charge in [-0.05, 0) is 73.6 Å². The van der Waals surface area contributed by atoms with E-state index in [0.29, 0.717) is 5.92 Å². The van der Waals surface area contributed by atoms with E-state index in [1.165, 1.54) is 67.2 Å². The molecule has 0 radical (unpaired) electrons. The number of hydrogen-bond acceptors (Lipinski definition) is 0. The number of hydrogen-bond donors (Lipinski definition) is 0. The average Bonchev–Trinajstić information content (AvgIpc) is 2.70. The first-order valence-electron chi connectivity index (χ1n) is 10.3. The molecule has 2 aromatic rings. The van der Waals surface area contributed by atoms with Gasteiger partial charge in [0.25, 0.3) is 0 Å². The summed E-state index contributed by atoms with van der Waals surface area (Å²) in [5.41, 5.74) is 7.25. The predicted octanol–water partition coefficient (Wildman–Crippen LogP) is 7.86. The lowest BCUT2D eigenvalue weighted by Gasteiger charge is -2.22. The van der Waals surface area contributed by atoms with Crippen molar-refractivity contribution >= 4 is 0 Å². The van der Waals surface area contributed by atoms with Crippen LogP contribution in [0.1, 0.15) is 69.4 Å². The SMILES string of the molecule is CC=CCCC1=CCC(c2ccc(-c3ccc(CCC)cc3)cc2)CC1. The standard InChI is InChI=1S/C26H32/c1-3-5-6-8-22-11-15-24(16-12-22)26-19-17-25(18-20-26)23-13-9-21(7-4-2)10-14-23/h3,5,9-11,13-14,17-20,24H,4,6-8,12,15-16H2,1-2H3. The van der Waals surface area contributed by atoms with Gasteiger partial charge in [0, 0.05) is 0 Å². The fourth-order valence-electron chi connectivity index (χ4n) is 3.95. The Morgan fingerprint density at radius 3 is 2.19 bits per heavy atom. The van der Waals surface area contributed by atoms with Gasteiger partial charge < -0.3 is 0 Å². The van der Waals surface area contributed by atoms with Gasteiger partial charge in [-0.25, -0.2) is 0 Å². The molecule has 0 aliphatic heterocycles. The maximum atomic E-state index is 2.50. The molecular weight excluding hydrogens is 312 g/mol. The van der Waals surface area contributed by atoms with Crippen molar-refractivity contribution in [1.82, 2.24) is 0 Å². The first-order valence-corrected chi connectivity index (χ1v) is 10.3. The molecule has 0 N–H and O–H groups in total. The van der Waals surface area contributed by atoms with Crippen molar-refractivity contribution in [3.05, 3.63) is 83.5 Å². The first kappa shape index (κ1) is 18.7. The van der Waals surface area contributed by atoms with Crippen molar-refractivity contribution in [2.24, 2.45) is 0 Å². The van der Waals surface area contributed by atoms with E-state index >= 15 is 0 Å². The minimum atomic E-state index is 0.696. The average molecular weight is 345 g/mol. The Morgan fingerprint density at radius 2 is 1.62 bits per heavy atom. The molecule has 0 nitrogen and oxygen atoms in total. The summed E-state index contributed by atoms with van der Waals surface area (Å²) < 4.78 is 0. The Hall–Kier alpha value is -2.08. The second kappa shape index (κ2) is 9.57. The lowest BCUT2D eigenvalue weighted by Crippen LogP contribution is -2.04. The molecule has 1 aliphatic rings. The zero-order valence-electron chi connectivity index (χ0n) is 16.4. The fourth-order valence-corrected chi connectivity index (χ4v) is 3.95. The molecule has 0 saturated carbocycles. The molecule has 0 amide bonds. The van der Waals surface area contributed by atoms with E-state index < -0.39 is 0 Å². The highest BCUT2D eigenvalue weighted by molar-refractivity contribution is 5.64. The molecule has 0 aromatic heterocycles. The summed E-state index contributed by atoms with van der Waals surface area (Å²) in [7, 11) is 0. The van der Waals surface area contributed by atoms with E-state index in [1.54, 1.807) is 5.57 Å². The zero-order chi connectivity index (χ0) is 18.2. The molecule has 0 spiro atoms. The fraction of sp³-hybridized carbons (Fsp3) is 0.385. The van der Waals surface area contributed by atoms with Crippen molar-refractivity contribution < 1.29 is 0 Å².